The fourth-order valence-corrected chi connectivity index (χ4v) is 5.78. The van der Waals surface area contributed by atoms with E-state index in [9.17, 15) is 24.6 Å². The number of rotatable bonds is 10. The van der Waals surface area contributed by atoms with Crippen LogP contribution >= 0.6 is 0 Å². The molecule has 0 aliphatic carbocycles. The highest BCUT2D eigenvalue weighted by Gasteiger charge is 2.64. The Balaban J connectivity index is 1.57. The Hall–Kier alpha value is -3.57. The fraction of sp³-hybridized carbons (Fsp3) is 0.516. The highest BCUT2D eigenvalue weighted by atomic mass is 19.3. The molecule has 228 valence electrons. The second kappa shape index (κ2) is 12.7. The Morgan fingerprint density at radius 3 is 2.38 bits per heavy atom. The van der Waals surface area contributed by atoms with Crippen molar-refractivity contribution in [3.63, 3.8) is 0 Å². The molecule has 0 spiro atoms. The number of nitrogens with zero attached hydrogens (tertiary/aromatic N) is 2. The monoisotopic (exact) mass is 586 g/mol. The van der Waals surface area contributed by atoms with Gasteiger partial charge in [-0.15, -0.1) is 0 Å². The van der Waals surface area contributed by atoms with E-state index in [-0.39, 0.29) is 24.3 Å². The van der Waals surface area contributed by atoms with Crippen molar-refractivity contribution in [3.05, 3.63) is 65.2 Å². The van der Waals surface area contributed by atoms with Gasteiger partial charge in [0.25, 0.3) is 17.7 Å². The van der Waals surface area contributed by atoms with E-state index >= 15 is 8.78 Å². The third kappa shape index (κ3) is 6.57. The smallest absolute Gasteiger partial charge is 0.272 e. The highest BCUT2D eigenvalue weighted by Crippen LogP contribution is 2.48. The lowest BCUT2D eigenvalue weighted by Gasteiger charge is -2.34. The van der Waals surface area contributed by atoms with Crippen LogP contribution in [0, 0.1) is 12.3 Å². The summed E-state index contributed by atoms with van der Waals surface area (Å²) < 4.78 is 30.6. The summed E-state index contributed by atoms with van der Waals surface area (Å²) in [6, 6.07) is 10.5. The zero-order valence-electron chi connectivity index (χ0n) is 24.3. The number of amides is 3. The number of carbonyl (C=O) groups is 3. The number of nitrogens with one attached hydrogen (secondary N) is 2. The van der Waals surface area contributed by atoms with Crippen LogP contribution in [0.2, 0.25) is 0 Å². The number of alkyl halides is 2. The lowest BCUT2D eigenvalue weighted by atomic mass is 9.81. The van der Waals surface area contributed by atoms with Gasteiger partial charge in [0, 0.05) is 24.2 Å². The molecule has 2 saturated heterocycles. The molecule has 2 aliphatic rings. The molecule has 42 heavy (non-hydrogen) atoms. The minimum absolute atomic E-state index is 0.0116. The molecule has 2 fully saturated rings. The number of benzene rings is 2. The van der Waals surface area contributed by atoms with Gasteiger partial charge in [-0.3, -0.25) is 14.4 Å². The molecule has 11 heteroatoms. The molecule has 0 bridgehead atoms. The van der Waals surface area contributed by atoms with Gasteiger partial charge in [0.2, 0.25) is 5.91 Å². The molecular formula is C31H40F2N4O5. The number of halogens is 2. The van der Waals surface area contributed by atoms with Crippen LogP contribution in [-0.2, 0) is 16.0 Å². The van der Waals surface area contributed by atoms with Gasteiger partial charge in [-0.25, -0.2) is 8.78 Å². The average molecular weight is 587 g/mol. The highest BCUT2D eigenvalue weighted by molar-refractivity contribution is 5.97. The summed E-state index contributed by atoms with van der Waals surface area (Å²) in [6.07, 6.45) is 0.220. The Bertz CT molecular complexity index is 1280. The van der Waals surface area contributed by atoms with Gasteiger partial charge in [0.15, 0.2) is 6.10 Å². The summed E-state index contributed by atoms with van der Waals surface area (Å²) in [5.74, 6) is -5.95. The SMILES string of the molecule is Cc1c(O)cccc1C(=O)NC(Cc1ccccc1)C(O)C(=O)N1CC(F)(F)C(C)(C)C1C(=O)NCCN1CCCC1. The first kappa shape index (κ1) is 31.4. The topological polar surface area (TPSA) is 122 Å². The zero-order chi connectivity index (χ0) is 30.7. The fourth-order valence-electron chi connectivity index (χ4n) is 5.78. The summed E-state index contributed by atoms with van der Waals surface area (Å²) in [5, 5.41) is 26.8. The van der Waals surface area contributed by atoms with E-state index in [1.165, 1.54) is 32.0 Å². The predicted molar refractivity (Wildman–Crippen MR) is 153 cm³/mol. The summed E-state index contributed by atoms with van der Waals surface area (Å²) >= 11 is 0. The van der Waals surface area contributed by atoms with Gasteiger partial charge in [0.05, 0.1) is 18.0 Å². The Kier molecular flexibility index (Phi) is 9.52. The van der Waals surface area contributed by atoms with Crippen LogP contribution in [0.4, 0.5) is 8.78 Å². The molecular weight excluding hydrogens is 546 g/mol. The van der Waals surface area contributed by atoms with Gasteiger partial charge in [-0.1, -0.05) is 50.2 Å². The summed E-state index contributed by atoms with van der Waals surface area (Å²) in [5.41, 5.74) is -0.778. The molecule has 4 rings (SSSR count). The third-order valence-electron chi connectivity index (χ3n) is 8.56. The second-order valence-corrected chi connectivity index (χ2v) is 11.8. The number of aromatic hydroxyl groups is 1. The van der Waals surface area contributed by atoms with Crippen LogP contribution in [0.3, 0.4) is 0 Å². The molecule has 0 saturated carbocycles. The quantitative estimate of drug-likeness (QED) is 0.340. The zero-order valence-corrected chi connectivity index (χ0v) is 24.3. The molecule has 0 radical (unpaired) electrons. The first-order chi connectivity index (χ1) is 19.8. The molecule has 9 nitrogen and oxygen atoms in total. The molecule has 2 heterocycles. The first-order valence-electron chi connectivity index (χ1n) is 14.3. The van der Waals surface area contributed by atoms with Gasteiger partial charge in [-0.05, 0) is 57.0 Å². The molecule has 3 atom stereocenters. The molecule has 3 amide bonds. The van der Waals surface area contributed by atoms with E-state index in [0.29, 0.717) is 17.7 Å². The van der Waals surface area contributed by atoms with Crippen molar-refractivity contribution in [1.29, 1.82) is 0 Å². The minimum atomic E-state index is -3.41. The minimum Gasteiger partial charge on any atom is -0.508 e. The molecule has 2 aliphatic heterocycles. The largest absolute Gasteiger partial charge is 0.508 e. The standard InChI is InChI=1S/C31H40F2N4O5/c1-20-22(12-9-13-24(20)38)27(40)35-23(18-21-10-5-4-6-11-21)25(39)29(42)37-19-31(32,33)30(2,3)26(37)28(41)34-14-17-36-15-7-8-16-36/h4-6,9-13,23,25-26,38-39H,7-8,14-19H2,1-3H3,(H,34,41)(H,35,40). The Morgan fingerprint density at radius 2 is 1.71 bits per heavy atom. The van der Waals surface area contributed by atoms with Crippen LogP contribution < -0.4 is 10.6 Å². The van der Waals surface area contributed by atoms with Gasteiger partial charge in [0.1, 0.15) is 11.8 Å². The lowest BCUT2D eigenvalue weighted by Crippen LogP contribution is -2.58. The van der Waals surface area contributed by atoms with Gasteiger partial charge < -0.3 is 30.6 Å². The maximum Gasteiger partial charge on any atom is 0.272 e. The van der Waals surface area contributed by atoms with E-state index in [2.05, 4.69) is 15.5 Å². The number of phenolic OH excluding ortho intramolecular Hbond substituents is 1. The Labute approximate surface area is 244 Å². The number of aliphatic hydroxyl groups is 1. The van der Waals surface area contributed by atoms with E-state index < -0.39 is 53.8 Å². The first-order valence-corrected chi connectivity index (χ1v) is 14.3. The number of hydrogen-bond acceptors (Lipinski definition) is 6. The second-order valence-electron chi connectivity index (χ2n) is 11.8. The van der Waals surface area contributed by atoms with Crippen molar-refractivity contribution < 1.29 is 33.4 Å². The van der Waals surface area contributed by atoms with Crippen LogP contribution in [0.15, 0.2) is 48.5 Å². The van der Waals surface area contributed by atoms with Crippen molar-refractivity contribution in [1.82, 2.24) is 20.4 Å². The van der Waals surface area contributed by atoms with Crippen LogP contribution in [0.5, 0.6) is 5.75 Å². The number of aliphatic hydroxyl groups excluding tert-OH is 1. The number of hydrogen-bond donors (Lipinski definition) is 4. The molecule has 2 aromatic rings. The summed E-state index contributed by atoms with van der Waals surface area (Å²) in [6.45, 7) is 5.64. The lowest BCUT2D eigenvalue weighted by molar-refractivity contribution is -0.148. The Morgan fingerprint density at radius 1 is 1.05 bits per heavy atom. The van der Waals surface area contributed by atoms with Crippen molar-refractivity contribution in [2.24, 2.45) is 5.41 Å². The summed E-state index contributed by atoms with van der Waals surface area (Å²) in [7, 11) is 0. The number of phenols is 1. The maximum atomic E-state index is 15.3. The van der Waals surface area contributed by atoms with E-state index in [1.807, 2.05) is 0 Å². The predicted octanol–water partition coefficient (Wildman–Crippen LogP) is 2.49. The number of likely N-dealkylation sites (tertiary alicyclic amines) is 2. The number of carbonyl (C=O) groups excluding carboxylic acids is 3. The van der Waals surface area contributed by atoms with Crippen molar-refractivity contribution in [2.75, 3.05) is 32.7 Å². The molecule has 0 aromatic heterocycles. The van der Waals surface area contributed by atoms with E-state index in [1.54, 1.807) is 37.3 Å². The molecule has 2 aromatic carbocycles. The van der Waals surface area contributed by atoms with Gasteiger partial charge >= 0.3 is 0 Å². The molecule has 3 unspecified atom stereocenters. The van der Waals surface area contributed by atoms with Crippen LogP contribution in [-0.4, -0.2) is 94.6 Å². The average Bonchev–Trinajstić information content (AvgIpc) is 3.53. The van der Waals surface area contributed by atoms with E-state index in [4.69, 9.17) is 0 Å². The van der Waals surface area contributed by atoms with Gasteiger partial charge in [-0.2, -0.15) is 0 Å². The van der Waals surface area contributed by atoms with Crippen LogP contribution in [0.1, 0.15) is 48.2 Å². The van der Waals surface area contributed by atoms with Crippen molar-refractivity contribution >= 4 is 17.7 Å². The maximum absolute atomic E-state index is 15.3. The van der Waals surface area contributed by atoms with Crippen LogP contribution in [0.25, 0.3) is 0 Å². The summed E-state index contributed by atoms with van der Waals surface area (Å²) in [4.78, 5) is 43.2. The van der Waals surface area contributed by atoms with Crippen molar-refractivity contribution in [2.45, 2.75) is 64.1 Å². The molecule has 4 N–H and O–H groups in total. The third-order valence-corrected chi connectivity index (χ3v) is 8.56. The normalized spacial score (nSPS) is 21.1. The van der Waals surface area contributed by atoms with E-state index in [0.717, 1.165) is 30.8 Å². The van der Waals surface area contributed by atoms with Crippen molar-refractivity contribution in [3.8, 4) is 5.75 Å².